The number of aliphatic imine (C=N–C) groups is 1. The van der Waals surface area contributed by atoms with Crippen molar-refractivity contribution >= 4 is 88.8 Å². The van der Waals surface area contributed by atoms with Crippen molar-refractivity contribution in [2.24, 2.45) is 39.4 Å². The maximum Gasteiger partial charge on any atom is 0.326 e. The first kappa shape index (κ1) is 68.1. The first-order chi connectivity index (χ1) is 35.3. The maximum atomic E-state index is 13.8. The van der Waals surface area contributed by atoms with Crippen molar-refractivity contribution in [2.45, 2.75) is 151 Å². The van der Waals surface area contributed by atoms with Crippen LogP contribution in [-0.4, -0.2) is 190 Å². The number of carbonyl (C=O) groups is 12. The van der Waals surface area contributed by atoms with Crippen LogP contribution in [0.4, 0.5) is 0 Å². The van der Waals surface area contributed by atoms with Crippen LogP contribution in [0.1, 0.15) is 96.8 Å². The summed E-state index contributed by atoms with van der Waals surface area (Å²) in [6.07, 6.45) is 0.422. The zero-order chi connectivity index (χ0) is 57.2. The van der Waals surface area contributed by atoms with E-state index in [1.165, 1.54) is 11.8 Å². The summed E-state index contributed by atoms with van der Waals surface area (Å²) in [6, 6.07) is -13.9. The van der Waals surface area contributed by atoms with Gasteiger partial charge in [0.1, 0.15) is 48.3 Å². The van der Waals surface area contributed by atoms with Gasteiger partial charge in [-0.1, -0.05) is 6.42 Å². The van der Waals surface area contributed by atoms with Gasteiger partial charge in [0.2, 0.25) is 53.2 Å². The number of thioether (sulfide) groups is 1. The summed E-state index contributed by atoms with van der Waals surface area (Å²) in [6.45, 7) is 0.617. The highest BCUT2D eigenvalue weighted by Crippen LogP contribution is 2.10. The summed E-state index contributed by atoms with van der Waals surface area (Å²) in [4.78, 5) is 158. The smallest absolute Gasteiger partial charge is 0.326 e. The largest absolute Gasteiger partial charge is 0.481 e. The minimum atomic E-state index is -1.92. The van der Waals surface area contributed by atoms with Crippen LogP contribution in [-0.2, 0) is 57.5 Å². The van der Waals surface area contributed by atoms with Gasteiger partial charge in [-0.15, -0.1) is 0 Å². The van der Waals surface area contributed by atoms with Crippen LogP contribution in [0.5, 0.6) is 0 Å². The second kappa shape index (κ2) is 37.8. The molecule has 426 valence electrons. The number of unbranched alkanes of at least 4 members (excludes halogenated alkanes) is 2. The Balaban J connectivity index is 6.39. The van der Waals surface area contributed by atoms with Gasteiger partial charge in [-0.25, -0.2) is 4.79 Å². The lowest BCUT2D eigenvalue weighted by atomic mass is 10.0. The molecule has 0 saturated carbocycles. The van der Waals surface area contributed by atoms with Crippen molar-refractivity contribution in [1.82, 2.24) is 42.5 Å². The molecule has 0 fully saturated rings. The minimum Gasteiger partial charge on any atom is -0.481 e. The van der Waals surface area contributed by atoms with Crippen molar-refractivity contribution in [3.8, 4) is 0 Å². The number of amides is 9. The maximum absolute atomic E-state index is 13.8. The van der Waals surface area contributed by atoms with E-state index in [2.05, 4.69) is 47.5 Å². The van der Waals surface area contributed by atoms with Crippen LogP contribution in [0.2, 0.25) is 0 Å². The molecule has 0 radical (unpaired) electrons. The summed E-state index contributed by atoms with van der Waals surface area (Å²) < 4.78 is 0. The molecule has 9 amide bonds. The number of nitrogens with zero attached hydrogens (tertiary/aromatic N) is 1. The number of aliphatic carboxylic acids is 3. The van der Waals surface area contributed by atoms with Gasteiger partial charge in [-0.2, -0.15) is 11.8 Å². The van der Waals surface area contributed by atoms with Crippen LogP contribution in [0.3, 0.4) is 0 Å². The van der Waals surface area contributed by atoms with E-state index in [4.69, 9.17) is 34.4 Å². The zero-order valence-corrected chi connectivity index (χ0v) is 43.0. The van der Waals surface area contributed by atoms with Crippen LogP contribution < -0.4 is 76.9 Å². The average Bonchev–Trinajstić information content (AvgIpc) is 3.33. The molecule has 0 rings (SSSR count). The molecule has 31 nitrogen and oxygen atoms in total. The summed E-state index contributed by atoms with van der Waals surface area (Å²) in [5.74, 6) is -13.7. The van der Waals surface area contributed by atoms with E-state index >= 15 is 0 Å². The molecule has 0 aliphatic rings. The number of aliphatic hydroxyl groups excluding tert-OH is 1. The van der Waals surface area contributed by atoms with Gasteiger partial charge in [-0.05, 0) is 96.2 Å². The Morgan fingerprint density at radius 3 is 1.35 bits per heavy atom. The van der Waals surface area contributed by atoms with Gasteiger partial charge in [0.25, 0.3) is 0 Å². The summed E-state index contributed by atoms with van der Waals surface area (Å²) >= 11 is 1.39. The minimum absolute atomic E-state index is 0.00569. The van der Waals surface area contributed by atoms with Gasteiger partial charge < -0.3 is 97.4 Å². The van der Waals surface area contributed by atoms with E-state index in [-0.39, 0.29) is 44.7 Å². The summed E-state index contributed by atoms with van der Waals surface area (Å²) in [5, 5.41) is 56.7. The molecule has 0 unspecified atom stereocenters. The van der Waals surface area contributed by atoms with E-state index in [1.807, 2.05) is 0 Å². The molecule has 0 saturated heterocycles. The highest BCUT2D eigenvalue weighted by atomic mass is 32.2. The number of primary amides is 1. The first-order valence-corrected chi connectivity index (χ1v) is 25.4. The third-order valence-electron chi connectivity index (χ3n) is 10.9. The molecule has 24 N–H and O–H groups in total. The van der Waals surface area contributed by atoms with Gasteiger partial charge in [0.15, 0.2) is 5.96 Å². The second-order valence-corrected chi connectivity index (χ2v) is 18.1. The molecule has 9 atom stereocenters. The number of aliphatic hydroxyl groups is 1. The number of rotatable bonds is 41. The third-order valence-corrected chi connectivity index (χ3v) is 11.5. The van der Waals surface area contributed by atoms with Crippen LogP contribution >= 0.6 is 11.8 Å². The number of carboxylic acid groups (broad SMARTS) is 3. The van der Waals surface area contributed by atoms with E-state index in [9.17, 15) is 78.0 Å². The predicted octanol–water partition coefficient (Wildman–Crippen LogP) is -7.04. The number of carbonyl (C=O) groups excluding carboxylic acids is 9. The van der Waals surface area contributed by atoms with Crippen molar-refractivity contribution in [2.75, 3.05) is 38.2 Å². The third kappa shape index (κ3) is 29.5. The fourth-order valence-electron chi connectivity index (χ4n) is 6.66. The lowest BCUT2D eigenvalue weighted by molar-refractivity contribution is -0.143. The monoisotopic (exact) mass is 1090 g/mol. The SMILES string of the molecule is CSCC[C@H](NC(=O)[C@@H](N)CCCCN)C(=O)N[C@@H](CCCCN)C(=O)N[C@@H](CCC(=O)O)C(=O)N[C@@H](C)C(=O)N[C@@H](CC(N)=O)C(=O)N[C@@H](CCC(=O)O)C(=O)N[C@@H](CO)C(=O)N[C@@H](CCCN=C(N)N)C(=O)O. The number of guanidine groups is 1. The van der Waals surface area contributed by atoms with Gasteiger partial charge in [-0.3, -0.25) is 57.7 Å². The fourth-order valence-corrected chi connectivity index (χ4v) is 7.13. The molecule has 75 heavy (non-hydrogen) atoms. The second-order valence-electron chi connectivity index (χ2n) is 17.1. The van der Waals surface area contributed by atoms with Crippen molar-refractivity contribution in [3.05, 3.63) is 0 Å². The molecule has 0 aromatic rings. The Morgan fingerprint density at radius 2 is 0.893 bits per heavy atom. The Morgan fingerprint density at radius 1 is 0.493 bits per heavy atom. The molecule has 0 aromatic heterocycles. The predicted molar refractivity (Wildman–Crippen MR) is 270 cm³/mol. The molecule has 0 heterocycles. The van der Waals surface area contributed by atoms with Gasteiger partial charge >= 0.3 is 17.9 Å². The van der Waals surface area contributed by atoms with Gasteiger partial charge in [0.05, 0.1) is 19.1 Å². The van der Waals surface area contributed by atoms with Crippen molar-refractivity contribution in [3.63, 3.8) is 0 Å². The summed E-state index contributed by atoms with van der Waals surface area (Å²) in [7, 11) is 0. The molecular formula is C43H77N15O16S. The van der Waals surface area contributed by atoms with Gasteiger partial charge in [0, 0.05) is 19.4 Å². The topological polar surface area (TPSA) is 550 Å². The first-order valence-electron chi connectivity index (χ1n) is 24.0. The molecule has 32 heteroatoms. The highest BCUT2D eigenvalue weighted by molar-refractivity contribution is 7.98. The zero-order valence-electron chi connectivity index (χ0n) is 42.1. The Hall–Kier alpha value is -6.90. The number of hydrogen-bond donors (Lipinski definition) is 18. The molecule has 0 aliphatic carbocycles. The van der Waals surface area contributed by atoms with Crippen molar-refractivity contribution in [1.29, 1.82) is 0 Å². The Labute approximate surface area is 437 Å². The summed E-state index contributed by atoms with van der Waals surface area (Å²) in [5.41, 5.74) is 33.1. The molecule has 0 bridgehead atoms. The quantitative estimate of drug-likeness (QED) is 0.0154. The normalized spacial score (nSPS) is 14.5. The van der Waals surface area contributed by atoms with E-state index in [0.29, 0.717) is 44.4 Å². The molecular weight excluding hydrogens is 1010 g/mol. The number of nitrogens with two attached hydrogens (primary N) is 6. The molecule has 0 aliphatic heterocycles. The molecule has 0 aromatic carbocycles. The van der Waals surface area contributed by atoms with E-state index < -0.39 is 164 Å². The van der Waals surface area contributed by atoms with Crippen LogP contribution in [0.15, 0.2) is 4.99 Å². The number of hydrogen-bond acceptors (Lipinski definition) is 18. The van der Waals surface area contributed by atoms with Crippen molar-refractivity contribution < 1.29 is 78.0 Å². The fraction of sp³-hybridized carbons (Fsp3) is 0.698. The lowest BCUT2D eigenvalue weighted by Crippen LogP contribution is -2.60. The number of carboxylic acids is 3. The Kier molecular flexibility index (Phi) is 34.3. The standard InChI is InChI=1S/C43H77N15O16S/c1-22(51-36(67)25(11-13-32(61)62)54-37(68)24(9-4-6-17-45)53-39(70)27(15-19-75-2)52-35(66)23(46)8-3-5-16-44)34(65)57-29(20-31(47)60)40(71)55-26(12-14-33(63)64)38(69)58-30(21-59)41(72)56-28(42(73)74)10-7-18-50-43(48)49/h22-30,59H,3-21,44-46H2,1-2H3,(H2,47,60)(H,51,67)(H,52,66)(H,53,70)(H,54,68)(H,55,71)(H,56,72)(H,57,65)(H,58,69)(H,61,62)(H,63,64)(H,73,74)(H4,48,49,50)/t22-,23-,24-,25-,26-,27-,28-,29-,30-/m0/s1. The Bertz CT molecular complexity index is 1960. The molecule has 0 spiro atoms. The lowest BCUT2D eigenvalue weighted by Gasteiger charge is -2.27. The van der Waals surface area contributed by atoms with E-state index in [0.717, 1.165) is 6.92 Å². The van der Waals surface area contributed by atoms with Crippen LogP contribution in [0, 0.1) is 0 Å². The number of nitrogens with one attached hydrogen (secondary N) is 8. The van der Waals surface area contributed by atoms with E-state index in [1.54, 1.807) is 6.26 Å². The average molecular weight is 1090 g/mol. The van der Waals surface area contributed by atoms with Crippen LogP contribution in [0.25, 0.3) is 0 Å². The highest BCUT2D eigenvalue weighted by Gasteiger charge is 2.35.